The van der Waals surface area contributed by atoms with Crippen molar-refractivity contribution in [2.45, 2.75) is 0 Å². The predicted molar refractivity (Wildman–Crippen MR) is 123 cm³/mol. The Morgan fingerprint density at radius 2 is 1.65 bits per heavy atom. The molecule has 2 aromatic rings. The van der Waals surface area contributed by atoms with Crippen molar-refractivity contribution in [3.05, 3.63) is 41.3 Å². The molecule has 31 heavy (non-hydrogen) atoms. The van der Waals surface area contributed by atoms with E-state index in [0.717, 1.165) is 29.2 Å². The molecule has 10 heteroatoms. The Balaban J connectivity index is 1.56. The standard InChI is InChI=1S/C21H28N4O4S2/c1-22(2)31(27,28)25-10-8-23(9-11-25)20(26)19-16-18(17-6-4-3-5-7-17)21(30-19)24-12-14-29-15-13-24/h3-7,16H,8-15H2,1-2H3. The summed E-state index contributed by atoms with van der Waals surface area (Å²) in [6.45, 7) is 4.34. The van der Waals surface area contributed by atoms with E-state index in [0.29, 0.717) is 44.3 Å². The van der Waals surface area contributed by atoms with Gasteiger partial charge < -0.3 is 14.5 Å². The Kier molecular flexibility index (Phi) is 6.63. The number of hydrogen-bond acceptors (Lipinski definition) is 6. The molecule has 0 atom stereocenters. The highest BCUT2D eigenvalue weighted by atomic mass is 32.2. The van der Waals surface area contributed by atoms with Gasteiger partial charge in [-0.25, -0.2) is 0 Å². The van der Waals surface area contributed by atoms with E-state index in [1.807, 2.05) is 24.3 Å². The first-order chi connectivity index (χ1) is 14.9. The van der Waals surface area contributed by atoms with E-state index in [1.54, 1.807) is 4.90 Å². The lowest BCUT2D eigenvalue weighted by molar-refractivity contribution is 0.0700. The maximum absolute atomic E-state index is 13.3. The topological polar surface area (TPSA) is 73.4 Å². The maximum atomic E-state index is 13.3. The van der Waals surface area contributed by atoms with E-state index < -0.39 is 10.2 Å². The molecule has 0 N–H and O–H groups in total. The van der Waals surface area contributed by atoms with Crippen LogP contribution in [0.5, 0.6) is 0 Å². The van der Waals surface area contributed by atoms with Gasteiger partial charge in [-0.1, -0.05) is 30.3 Å². The molecule has 1 amide bonds. The number of nitrogens with zero attached hydrogens (tertiary/aromatic N) is 4. The summed E-state index contributed by atoms with van der Waals surface area (Å²) in [5.41, 5.74) is 2.14. The van der Waals surface area contributed by atoms with Gasteiger partial charge >= 0.3 is 0 Å². The van der Waals surface area contributed by atoms with Gasteiger partial charge in [-0.05, 0) is 11.6 Å². The van der Waals surface area contributed by atoms with E-state index in [9.17, 15) is 13.2 Å². The number of piperazine rings is 1. The Morgan fingerprint density at radius 3 is 2.26 bits per heavy atom. The van der Waals surface area contributed by atoms with E-state index in [4.69, 9.17) is 4.74 Å². The summed E-state index contributed by atoms with van der Waals surface area (Å²) in [5.74, 6) is -0.0383. The fourth-order valence-corrected chi connectivity index (χ4v) is 6.11. The lowest BCUT2D eigenvalue weighted by atomic mass is 10.1. The number of benzene rings is 1. The van der Waals surface area contributed by atoms with Gasteiger partial charge in [0.25, 0.3) is 16.1 Å². The Morgan fingerprint density at radius 1 is 1.00 bits per heavy atom. The minimum atomic E-state index is -3.45. The van der Waals surface area contributed by atoms with Gasteiger partial charge in [0.2, 0.25) is 0 Å². The highest BCUT2D eigenvalue weighted by Crippen LogP contribution is 2.40. The Bertz CT molecular complexity index is 1010. The minimum absolute atomic E-state index is 0.0383. The zero-order valence-corrected chi connectivity index (χ0v) is 19.5. The lowest BCUT2D eigenvalue weighted by Crippen LogP contribution is -2.52. The van der Waals surface area contributed by atoms with Crippen molar-refractivity contribution in [3.63, 3.8) is 0 Å². The van der Waals surface area contributed by atoms with Crippen LogP contribution in [0.1, 0.15) is 9.67 Å². The highest BCUT2D eigenvalue weighted by molar-refractivity contribution is 7.86. The normalized spacial score (nSPS) is 18.5. The first-order valence-corrected chi connectivity index (χ1v) is 12.6. The molecule has 3 heterocycles. The molecule has 0 bridgehead atoms. The molecular weight excluding hydrogens is 436 g/mol. The summed E-state index contributed by atoms with van der Waals surface area (Å²) in [5, 5.41) is 1.09. The van der Waals surface area contributed by atoms with Crippen molar-refractivity contribution < 1.29 is 17.9 Å². The summed E-state index contributed by atoms with van der Waals surface area (Å²) in [7, 11) is -0.405. The molecule has 2 aliphatic rings. The number of anilines is 1. The third-order valence-corrected chi connectivity index (χ3v) is 8.74. The lowest BCUT2D eigenvalue weighted by Gasteiger charge is -2.34. The van der Waals surface area contributed by atoms with Crippen LogP contribution in [0.15, 0.2) is 36.4 Å². The third-order valence-electron chi connectivity index (χ3n) is 5.62. The first-order valence-electron chi connectivity index (χ1n) is 10.4. The molecule has 2 fully saturated rings. The average Bonchev–Trinajstić information content (AvgIpc) is 3.25. The summed E-state index contributed by atoms with van der Waals surface area (Å²) < 4.78 is 32.8. The van der Waals surface area contributed by atoms with E-state index >= 15 is 0 Å². The summed E-state index contributed by atoms with van der Waals surface area (Å²) in [6.07, 6.45) is 0. The second-order valence-electron chi connectivity index (χ2n) is 7.78. The fraction of sp³-hybridized carbons (Fsp3) is 0.476. The second-order valence-corrected chi connectivity index (χ2v) is 10.9. The van der Waals surface area contributed by atoms with Gasteiger partial charge in [0.05, 0.1) is 23.1 Å². The van der Waals surface area contributed by atoms with Gasteiger partial charge in [-0.2, -0.15) is 17.0 Å². The smallest absolute Gasteiger partial charge is 0.281 e. The van der Waals surface area contributed by atoms with Crippen LogP contribution in [0.25, 0.3) is 11.1 Å². The number of thiophene rings is 1. The van der Waals surface area contributed by atoms with Crippen molar-refractivity contribution >= 4 is 32.5 Å². The zero-order chi connectivity index (χ0) is 22.0. The number of carbonyl (C=O) groups is 1. The molecule has 0 saturated carbocycles. The van der Waals surface area contributed by atoms with Crippen molar-refractivity contribution in [1.82, 2.24) is 13.5 Å². The maximum Gasteiger partial charge on any atom is 0.281 e. The predicted octanol–water partition coefficient (Wildman–Crippen LogP) is 1.82. The van der Waals surface area contributed by atoms with Crippen LogP contribution in [0.2, 0.25) is 0 Å². The van der Waals surface area contributed by atoms with Crippen LogP contribution in [0.3, 0.4) is 0 Å². The second kappa shape index (κ2) is 9.25. The Labute approximate surface area is 187 Å². The van der Waals surface area contributed by atoms with E-state index in [1.165, 1.54) is 34.0 Å². The molecule has 0 aliphatic carbocycles. The van der Waals surface area contributed by atoms with Crippen molar-refractivity contribution in [3.8, 4) is 11.1 Å². The minimum Gasteiger partial charge on any atom is -0.378 e. The SMILES string of the molecule is CN(C)S(=O)(=O)N1CCN(C(=O)c2cc(-c3ccccc3)c(N3CCOCC3)s2)CC1. The van der Waals surface area contributed by atoms with Gasteiger partial charge in [0.1, 0.15) is 0 Å². The molecule has 0 radical (unpaired) electrons. The van der Waals surface area contributed by atoms with Crippen molar-refractivity contribution in [2.24, 2.45) is 0 Å². The van der Waals surface area contributed by atoms with Gasteiger partial charge in [0, 0.05) is 58.9 Å². The van der Waals surface area contributed by atoms with Crippen LogP contribution < -0.4 is 4.90 Å². The summed E-state index contributed by atoms with van der Waals surface area (Å²) in [6, 6.07) is 12.1. The highest BCUT2D eigenvalue weighted by Gasteiger charge is 2.32. The van der Waals surface area contributed by atoms with E-state index in [-0.39, 0.29) is 5.91 Å². The molecule has 1 aromatic carbocycles. The van der Waals surface area contributed by atoms with Gasteiger partial charge in [0.15, 0.2) is 0 Å². The number of morpholine rings is 1. The summed E-state index contributed by atoms with van der Waals surface area (Å²) in [4.78, 5) is 18.0. The zero-order valence-electron chi connectivity index (χ0n) is 17.9. The monoisotopic (exact) mass is 464 g/mol. The van der Waals surface area contributed by atoms with Crippen LogP contribution in [-0.2, 0) is 14.9 Å². The Hall–Kier alpha value is -1.98. The first kappa shape index (κ1) is 22.2. The number of ether oxygens (including phenoxy) is 1. The largest absolute Gasteiger partial charge is 0.378 e. The fourth-order valence-electron chi connectivity index (χ4n) is 3.82. The molecule has 0 unspecified atom stereocenters. The van der Waals surface area contributed by atoms with Crippen LogP contribution in [0, 0.1) is 0 Å². The van der Waals surface area contributed by atoms with Crippen LogP contribution in [0.4, 0.5) is 5.00 Å². The molecule has 0 spiro atoms. The van der Waals surface area contributed by atoms with Crippen LogP contribution in [-0.4, -0.2) is 94.4 Å². The molecule has 1 aromatic heterocycles. The van der Waals surface area contributed by atoms with Crippen LogP contribution >= 0.6 is 11.3 Å². The number of hydrogen-bond donors (Lipinski definition) is 0. The number of amides is 1. The third kappa shape index (κ3) is 4.63. The molecule has 8 nitrogen and oxygen atoms in total. The van der Waals surface area contributed by atoms with Crippen molar-refractivity contribution in [2.75, 3.05) is 71.5 Å². The quantitative estimate of drug-likeness (QED) is 0.675. The molecule has 4 rings (SSSR count). The number of rotatable bonds is 5. The molecular formula is C21H28N4O4S2. The van der Waals surface area contributed by atoms with Gasteiger partial charge in [-0.3, -0.25) is 4.79 Å². The summed E-state index contributed by atoms with van der Waals surface area (Å²) >= 11 is 1.51. The van der Waals surface area contributed by atoms with Gasteiger partial charge in [-0.15, -0.1) is 11.3 Å². The van der Waals surface area contributed by atoms with Crippen molar-refractivity contribution in [1.29, 1.82) is 0 Å². The average molecular weight is 465 g/mol. The molecule has 168 valence electrons. The molecule has 2 aliphatic heterocycles. The molecule has 2 saturated heterocycles. The van der Waals surface area contributed by atoms with E-state index in [2.05, 4.69) is 17.0 Å². The number of carbonyl (C=O) groups excluding carboxylic acids is 1.